The number of nitrogens with one attached hydrogen (secondary N) is 1. The number of benzene rings is 1. The molecule has 0 bridgehead atoms. The molecule has 1 heterocycles. The second-order valence-corrected chi connectivity index (χ2v) is 4.42. The number of nitrogens with two attached hydrogens (primary N) is 1. The summed E-state index contributed by atoms with van der Waals surface area (Å²) in [5.74, 6) is -0.188. The van der Waals surface area contributed by atoms with E-state index in [-0.39, 0.29) is 5.78 Å². The Bertz CT molecular complexity index is 640. The first-order valence-corrected chi connectivity index (χ1v) is 5.60. The summed E-state index contributed by atoms with van der Waals surface area (Å²) in [6.07, 6.45) is 1.81. The summed E-state index contributed by atoms with van der Waals surface area (Å²) in [6, 6.07) is 5.32. The number of hydrogen-bond acceptors (Lipinski definition) is 2. The third-order valence-corrected chi connectivity index (χ3v) is 3.31. The molecule has 0 saturated heterocycles. The van der Waals surface area contributed by atoms with E-state index in [4.69, 9.17) is 5.73 Å². The van der Waals surface area contributed by atoms with Gasteiger partial charge in [0.25, 0.3) is 0 Å². The predicted molar refractivity (Wildman–Crippen MR) is 63.8 cm³/mol. The Kier molecular flexibility index (Phi) is 2.04. The maximum atomic E-state index is 11.5. The van der Waals surface area contributed by atoms with Gasteiger partial charge in [0.05, 0.1) is 0 Å². The summed E-state index contributed by atoms with van der Waals surface area (Å²) in [6.45, 7) is 0. The fraction of sp³-hybridized carbons (Fsp3) is 0.231. The fourth-order valence-corrected chi connectivity index (χ4v) is 2.42. The van der Waals surface area contributed by atoms with Crippen LogP contribution in [0.1, 0.15) is 28.0 Å². The van der Waals surface area contributed by atoms with Crippen LogP contribution in [0.4, 0.5) is 0 Å². The van der Waals surface area contributed by atoms with Crippen LogP contribution in [0.2, 0.25) is 0 Å². The standard InChI is InChI=1S/C13H12N2O2/c14-13(17)7-1-3-11-9(5-7)10-6-8(16)2-4-12(10)15-11/h1,3,5,15H,2,4,6H2,(H2,14,17). The monoisotopic (exact) mass is 228 g/mol. The molecule has 0 radical (unpaired) electrons. The van der Waals surface area contributed by atoms with Crippen LogP contribution in [-0.2, 0) is 17.6 Å². The molecule has 3 rings (SSSR count). The van der Waals surface area contributed by atoms with Crippen molar-refractivity contribution in [1.29, 1.82) is 0 Å². The average Bonchev–Trinajstić information content (AvgIpc) is 2.66. The molecule has 0 unspecified atom stereocenters. The highest BCUT2D eigenvalue weighted by Crippen LogP contribution is 2.28. The summed E-state index contributed by atoms with van der Waals surface area (Å²) in [5.41, 5.74) is 8.85. The van der Waals surface area contributed by atoms with Crippen LogP contribution in [0.15, 0.2) is 18.2 Å². The molecule has 1 aliphatic rings. The van der Waals surface area contributed by atoms with Crippen LogP contribution in [0, 0.1) is 0 Å². The average molecular weight is 228 g/mol. The predicted octanol–water partition coefficient (Wildman–Crippen LogP) is 1.32. The Morgan fingerprint density at radius 1 is 1.29 bits per heavy atom. The van der Waals surface area contributed by atoms with E-state index in [0.29, 0.717) is 18.4 Å². The number of carbonyl (C=O) groups is 2. The number of aryl methyl sites for hydroxylation is 1. The minimum absolute atomic E-state index is 0.253. The number of H-pyrrole nitrogens is 1. The van der Waals surface area contributed by atoms with Gasteiger partial charge in [-0.05, 0) is 30.2 Å². The number of carbonyl (C=O) groups excluding carboxylic acids is 2. The molecule has 17 heavy (non-hydrogen) atoms. The lowest BCUT2D eigenvalue weighted by Crippen LogP contribution is -2.12. The second-order valence-electron chi connectivity index (χ2n) is 4.42. The number of rotatable bonds is 1. The zero-order valence-corrected chi connectivity index (χ0v) is 9.25. The number of aromatic nitrogens is 1. The Labute approximate surface area is 97.8 Å². The number of aromatic amines is 1. The fourth-order valence-electron chi connectivity index (χ4n) is 2.42. The van der Waals surface area contributed by atoms with Crippen LogP contribution in [0.25, 0.3) is 10.9 Å². The van der Waals surface area contributed by atoms with Gasteiger partial charge in [0, 0.05) is 35.0 Å². The van der Waals surface area contributed by atoms with Crippen LogP contribution in [0.3, 0.4) is 0 Å². The summed E-state index contributed by atoms with van der Waals surface area (Å²) in [4.78, 5) is 25.9. The number of Topliss-reactive ketones (excluding diaryl/α,β-unsaturated/α-hetero) is 1. The third kappa shape index (κ3) is 1.53. The highest BCUT2D eigenvalue weighted by molar-refractivity contribution is 5.99. The van der Waals surface area contributed by atoms with Gasteiger partial charge in [-0.1, -0.05) is 0 Å². The zero-order chi connectivity index (χ0) is 12.0. The van der Waals surface area contributed by atoms with Crippen LogP contribution < -0.4 is 5.73 Å². The van der Waals surface area contributed by atoms with Gasteiger partial charge < -0.3 is 10.7 Å². The van der Waals surface area contributed by atoms with Crippen molar-refractivity contribution in [3.8, 4) is 0 Å². The van der Waals surface area contributed by atoms with Crippen molar-refractivity contribution >= 4 is 22.6 Å². The summed E-state index contributed by atoms with van der Waals surface area (Å²) >= 11 is 0. The third-order valence-electron chi connectivity index (χ3n) is 3.31. The zero-order valence-electron chi connectivity index (χ0n) is 9.25. The van der Waals surface area contributed by atoms with Gasteiger partial charge in [0.2, 0.25) is 5.91 Å². The quantitative estimate of drug-likeness (QED) is 0.772. The number of amides is 1. The molecule has 1 amide bonds. The van der Waals surface area contributed by atoms with E-state index in [9.17, 15) is 9.59 Å². The summed E-state index contributed by atoms with van der Waals surface area (Å²) in [5, 5.41) is 0.948. The van der Waals surface area contributed by atoms with Crippen LogP contribution >= 0.6 is 0 Å². The van der Waals surface area contributed by atoms with Gasteiger partial charge in [0.1, 0.15) is 5.78 Å². The van der Waals surface area contributed by atoms with E-state index < -0.39 is 5.91 Å². The topological polar surface area (TPSA) is 76.0 Å². The molecule has 2 aromatic rings. The minimum Gasteiger partial charge on any atom is -0.366 e. The van der Waals surface area contributed by atoms with E-state index in [2.05, 4.69) is 4.98 Å². The molecular formula is C13H12N2O2. The highest BCUT2D eigenvalue weighted by atomic mass is 16.1. The molecule has 3 N–H and O–H groups in total. The van der Waals surface area contributed by atoms with Gasteiger partial charge >= 0.3 is 0 Å². The SMILES string of the molecule is NC(=O)c1ccc2[nH]c3c(c2c1)CC(=O)CC3. The highest BCUT2D eigenvalue weighted by Gasteiger charge is 2.20. The molecule has 1 aliphatic carbocycles. The van der Waals surface area contributed by atoms with E-state index in [1.54, 1.807) is 12.1 Å². The maximum Gasteiger partial charge on any atom is 0.248 e. The Morgan fingerprint density at radius 3 is 2.88 bits per heavy atom. The lowest BCUT2D eigenvalue weighted by Gasteiger charge is -2.09. The van der Waals surface area contributed by atoms with Crippen molar-refractivity contribution in [3.05, 3.63) is 35.0 Å². The van der Waals surface area contributed by atoms with E-state index in [1.807, 2.05) is 6.07 Å². The first-order valence-electron chi connectivity index (χ1n) is 5.60. The maximum absolute atomic E-state index is 11.5. The lowest BCUT2D eigenvalue weighted by molar-refractivity contribution is -0.118. The van der Waals surface area contributed by atoms with E-state index >= 15 is 0 Å². The Morgan fingerprint density at radius 2 is 2.12 bits per heavy atom. The van der Waals surface area contributed by atoms with Gasteiger partial charge in [-0.2, -0.15) is 0 Å². The normalized spacial score (nSPS) is 14.9. The molecule has 0 spiro atoms. The molecule has 1 aromatic heterocycles. The lowest BCUT2D eigenvalue weighted by atomic mass is 9.94. The first kappa shape index (κ1) is 10.1. The summed E-state index contributed by atoms with van der Waals surface area (Å²) < 4.78 is 0. The number of primary amides is 1. The number of fused-ring (bicyclic) bond motifs is 3. The van der Waals surface area contributed by atoms with Gasteiger partial charge in [0.15, 0.2) is 0 Å². The van der Waals surface area contributed by atoms with Gasteiger partial charge in [-0.25, -0.2) is 0 Å². The molecule has 0 aliphatic heterocycles. The van der Waals surface area contributed by atoms with Gasteiger partial charge in [-0.3, -0.25) is 9.59 Å². The van der Waals surface area contributed by atoms with Crippen molar-refractivity contribution in [2.45, 2.75) is 19.3 Å². The van der Waals surface area contributed by atoms with Crippen molar-refractivity contribution in [1.82, 2.24) is 4.98 Å². The number of hydrogen-bond donors (Lipinski definition) is 2. The first-order chi connectivity index (χ1) is 8.15. The van der Waals surface area contributed by atoms with Crippen LogP contribution in [-0.4, -0.2) is 16.7 Å². The minimum atomic E-state index is -0.441. The van der Waals surface area contributed by atoms with Crippen molar-refractivity contribution < 1.29 is 9.59 Å². The summed E-state index contributed by atoms with van der Waals surface area (Å²) in [7, 11) is 0. The molecule has 0 fully saturated rings. The Hall–Kier alpha value is -2.10. The van der Waals surface area contributed by atoms with E-state index in [1.165, 1.54) is 0 Å². The second kappa shape index (κ2) is 3.45. The molecule has 4 nitrogen and oxygen atoms in total. The molecule has 4 heteroatoms. The van der Waals surface area contributed by atoms with Gasteiger partial charge in [-0.15, -0.1) is 0 Å². The molecule has 0 saturated carbocycles. The smallest absolute Gasteiger partial charge is 0.248 e. The van der Waals surface area contributed by atoms with Crippen molar-refractivity contribution in [2.24, 2.45) is 5.73 Å². The molecule has 86 valence electrons. The van der Waals surface area contributed by atoms with Crippen molar-refractivity contribution in [3.63, 3.8) is 0 Å². The number of ketones is 1. The molecular weight excluding hydrogens is 216 g/mol. The van der Waals surface area contributed by atoms with E-state index in [0.717, 1.165) is 28.6 Å². The molecule has 0 atom stereocenters. The molecule has 1 aromatic carbocycles. The Balaban J connectivity index is 2.24. The van der Waals surface area contributed by atoms with Crippen molar-refractivity contribution in [2.75, 3.05) is 0 Å². The largest absolute Gasteiger partial charge is 0.366 e. The van der Waals surface area contributed by atoms with Crippen LogP contribution in [0.5, 0.6) is 0 Å².